The maximum Gasteiger partial charge on any atom is 0.349 e. The number of benzene rings is 1. The van der Waals surface area contributed by atoms with E-state index in [1.54, 1.807) is 25.1 Å². The summed E-state index contributed by atoms with van der Waals surface area (Å²) in [6.07, 6.45) is 0. The first kappa shape index (κ1) is 10.8. The Morgan fingerprint density at radius 2 is 2.29 bits per heavy atom. The number of carboxylic acids is 1. The molecule has 0 aromatic heterocycles. The maximum atomic E-state index is 12.8. The summed E-state index contributed by atoms with van der Waals surface area (Å²) in [4.78, 5) is 10.8. The zero-order chi connectivity index (χ0) is 10.7. The quantitative estimate of drug-likeness (QED) is 0.598. The van der Waals surface area contributed by atoms with Gasteiger partial charge in [0.1, 0.15) is 0 Å². The van der Waals surface area contributed by atoms with Crippen LogP contribution >= 0.6 is 11.8 Å². The van der Waals surface area contributed by atoms with E-state index in [2.05, 4.69) is 0 Å². The lowest BCUT2D eigenvalue weighted by molar-refractivity contribution is -0.139. The predicted octanol–water partition coefficient (Wildman–Crippen LogP) is 2.05. The summed E-state index contributed by atoms with van der Waals surface area (Å²) < 4.78 is 12.8. The van der Waals surface area contributed by atoms with Crippen molar-refractivity contribution in [1.82, 2.24) is 0 Å². The van der Waals surface area contributed by atoms with E-state index < -0.39 is 11.5 Å². The second-order valence-electron chi connectivity index (χ2n) is 2.79. The van der Waals surface area contributed by atoms with Crippen LogP contribution in [0.3, 0.4) is 0 Å². The van der Waals surface area contributed by atoms with Gasteiger partial charge in [-0.3, -0.25) is 0 Å². The van der Waals surface area contributed by atoms with Crippen LogP contribution in [0.15, 0.2) is 23.1 Å². The number of aliphatic carboxylic acids is 1. The zero-order valence-electron chi connectivity index (χ0n) is 7.53. The van der Waals surface area contributed by atoms with Crippen LogP contribution in [0.4, 0.5) is 10.1 Å². The number of nitrogens with two attached hydrogens (primary N) is 1. The second-order valence-corrected chi connectivity index (χ2v) is 3.91. The molecule has 0 aliphatic heterocycles. The molecule has 0 aliphatic rings. The molecule has 0 spiro atoms. The molecule has 0 aliphatic carbocycles. The topological polar surface area (TPSA) is 63.3 Å². The van der Waals surface area contributed by atoms with E-state index in [1.807, 2.05) is 0 Å². The largest absolute Gasteiger partial charge is 0.478 e. The minimum atomic E-state index is -1.93. The van der Waals surface area contributed by atoms with Crippen LogP contribution in [-0.4, -0.2) is 16.6 Å². The summed E-state index contributed by atoms with van der Waals surface area (Å²) in [5.41, 5.74) is 5.05. The van der Waals surface area contributed by atoms with Gasteiger partial charge < -0.3 is 10.8 Å². The number of hydrogen-bond acceptors (Lipinski definition) is 3. The first-order valence-electron chi connectivity index (χ1n) is 3.90. The van der Waals surface area contributed by atoms with Gasteiger partial charge in [0.2, 0.25) is 5.50 Å². The van der Waals surface area contributed by atoms with E-state index in [1.165, 1.54) is 0 Å². The summed E-state index contributed by atoms with van der Waals surface area (Å²) >= 11 is 0.653. The van der Waals surface area contributed by atoms with E-state index in [4.69, 9.17) is 10.8 Å². The highest BCUT2D eigenvalue weighted by Gasteiger charge is 2.16. The van der Waals surface area contributed by atoms with Crippen molar-refractivity contribution in [1.29, 1.82) is 0 Å². The van der Waals surface area contributed by atoms with E-state index in [-0.39, 0.29) is 0 Å². The van der Waals surface area contributed by atoms with Crippen molar-refractivity contribution in [2.75, 3.05) is 5.73 Å². The molecule has 0 fully saturated rings. The van der Waals surface area contributed by atoms with E-state index >= 15 is 0 Å². The minimum absolute atomic E-state index is 0.562. The fourth-order valence-corrected chi connectivity index (χ4v) is 1.62. The molecule has 0 saturated carbocycles. The molecule has 0 radical (unpaired) electrons. The number of hydrogen-bond donors (Lipinski definition) is 2. The molecule has 1 unspecified atom stereocenters. The van der Waals surface area contributed by atoms with Crippen LogP contribution in [0.2, 0.25) is 0 Å². The van der Waals surface area contributed by atoms with Gasteiger partial charge in [0.25, 0.3) is 0 Å². The molecular formula is C9H10FNO2S. The summed E-state index contributed by atoms with van der Waals surface area (Å²) in [5.74, 6) is -1.47. The molecule has 0 bridgehead atoms. The maximum absolute atomic E-state index is 12.8. The van der Waals surface area contributed by atoms with Crippen LogP contribution in [-0.2, 0) is 4.79 Å². The van der Waals surface area contributed by atoms with Gasteiger partial charge >= 0.3 is 5.97 Å². The number of carboxylic acid groups (broad SMARTS) is 1. The van der Waals surface area contributed by atoms with Crippen LogP contribution in [0.5, 0.6) is 0 Å². The number of alkyl halides is 1. The van der Waals surface area contributed by atoms with Crippen molar-refractivity contribution in [3.63, 3.8) is 0 Å². The first-order valence-corrected chi connectivity index (χ1v) is 4.78. The van der Waals surface area contributed by atoms with Crippen LogP contribution in [0.25, 0.3) is 0 Å². The van der Waals surface area contributed by atoms with Crippen molar-refractivity contribution in [3.8, 4) is 0 Å². The summed E-state index contributed by atoms with van der Waals surface area (Å²) in [6, 6.07) is 4.89. The molecule has 3 N–H and O–H groups in total. The van der Waals surface area contributed by atoms with Gasteiger partial charge in [-0.2, -0.15) is 0 Å². The normalized spacial score (nSPS) is 12.4. The van der Waals surface area contributed by atoms with Gasteiger partial charge in [0, 0.05) is 10.6 Å². The average Bonchev–Trinajstić information content (AvgIpc) is 2.11. The van der Waals surface area contributed by atoms with Gasteiger partial charge in [-0.25, -0.2) is 9.18 Å². The number of aryl methyl sites for hydroxylation is 1. The molecule has 1 aromatic carbocycles. The highest BCUT2D eigenvalue weighted by molar-refractivity contribution is 8.00. The highest BCUT2D eigenvalue weighted by atomic mass is 32.2. The molecule has 1 rings (SSSR count). The Labute approximate surface area is 85.1 Å². The Hall–Kier alpha value is -1.23. The monoisotopic (exact) mass is 215 g/mol. The third kappa shape index (κ3) is 2.63. The molecule has 1 atom stereocenters. The number of carbonyl (C=O) groups is 1. The van der Waals surface area contributed by atoms with Crippen molar-refractivity contribution >= 4 is 23.4 Å². The second kappa shape index (κ2) is 4.32. The van der Waals surface area contributed by atoms with E-state index in [0.29, 0.717) is 22.3 Å². The summed E-state index contributed by atoms with van der Waals surface area (Å²) in [6.45, 7) is 1.79. The fraction of sp³-hybridized carbons (Fsp3) is 0.222. The zero-order valence-corrected chi connectivity index (χ0v) is 8.34. The van der Waals surface area contributed by atoms with E-state index in [0.717, 1.165) is 5.56 Å². The van der Waals surface area contributed by atoms with Gasteiger partial charge in [-0.05, 0) is 30.7 Å². The Balaban J connectivity index is 2.78. The predicted molar refractivity (Wildman–Crippen MR) is 54.0 cm³/mol. The molecule has 14 heavy (non-hydrogen) atoms. The van der Waals surface area contributed by atoms with Crippen LogP contribution < -0.4 is 5.73 Å². The minimum Gasteiger partial charge on any atom is -0.478 e. The van der Waals surface area contributed by atoms with Crippen LogP contribution in [0, 0.1) is 6.92 Å². The number of anilines is 1. The SMILES string of the molecule is Cc1cc(SC(F)C(=O)O)ccc1N. The lowest BCUT2D eigenvalue weighted by atomic mass is 10.2. The summed E-state index contributed by atoms with van der Waals surface area (Å²) in [5, 5.41) is 8.35. The number of halogens is 1. The molecule has 0 amide bonds. The van der Waals surface area contributed by atoms with Gasteiger partial charge in [-0.15, -0.1) is 0 Å². The third-order valence-electron chi connectivity index (χ3n) is 1.67. The van der Waals surface area contributed by atoms with Crippen molar-refractivity contribution < 1.29 is 14.3 Å². The number of thioether (sulfide) groups is 1. The van der Waals surface area contributed by atoms with Crippen molar-refractivity contribution in [3.05, 3.63) is 23.8 Å². The molecule has 76 valence electrons. The highest BCUT2D eigenvalue weighted by Crippen LogP contribution is 2.26. The smallest absolute Gasteiger partial charge is 0.349 e. The fourth-order valence-electron chi connectivity index (χ4n) is 0.891. The molecule has 1 aromatic rings. The van der Waals surface area contributed by atoms with Gasteiger partial charge in [0.05, 0.1) is 0 Å². The Kier molecular flexibility index (Phi) is 3.35. The number of nitrogen functional groups attached to an aromatic ring is 1. The Morgan fingerprint density at radius 1 is 1.64 bits per heavy atom. The Bertz CT molecular complexity index is 357. The lowest BCUT2D eigenvalue weighted by Gasteiger charge is -2.05. The third-order valence-corrected chi connectivity index (χ3v) is 2.61. The van der Waals surface area contributed by atoms with Gasteiger partial charge in [0.15, 0.2) is 0 Å². The number of rotatable bonds is 3. The first-order chi connectivity index (χ1) is 6.50. The van der Waals surface area contributed by atoms with Gasteiger partial charge in [-0.1, -0.05) is 11.8 Å². The molecule has 0 saturated heterocycles. The standard InChI is InChI=1S/C9H10FNO2S/c1-5-4-6(2-3-7(5)11)14-8(10)9(12)13/h2-4,8H,11H2,1H3,(H,12,13). The van der Waals surface area contributed by atoms with Crippen molar-refractivity contribution in [2.24, 2.45) is 0 Å². The molecular weight excluding hydrogens is 205 g/mol. The Morgan fingerprint density at radius 3 is 2.79 bits per heavy atom. The summed E-state index contributed by atoms with van der Waals surface area (Å²) in [7, 11) is 0. The molecule has 5 heteroatoms. The lowest BCUT2D eigenvalue weighted by Crippen LogP contribution is -2.09. The average molecular weight is 215 g/mol. The van der Waals surface area contributed by atoms with Crippen LogP contribution in [0.1, 0.15) is 5.56 Å². The molecule has 0 heterocycles. The van der Waals surface area contributed by atoms with E-state index in [9.17, 15) is 9.18 Å². The molecule has 3 nitrogen and oxygen atoms in total. The van der Waals surface area contributed by atoms with Crippen molar-refractivity contribution in [2.45, 2.75) is 17.3 Å².